The van der Waals surface area contributed by atoms with E-state index in [1.54, 1.807) is 0 Å². The Bertz CT molecular complexity index is 478. The number of carbonyl (C=O) groups is 1. The SMILES string of the molecule is COC(=O)[C@H]1C[C@H](O)CN1Cc1ccc(Br)c(C)c1. The van der Waals surface area contributed by atoms with Crippen molar-refractivity contribution in [3.8, 4) is 0 Å². The lowest BCUT2D eigenvalue weighted by Gasteiger charge is -2.22. The number of benzene rings is 1. The molecule has 4 nitrogen and oxygen atoms in total. The van der Waals surface area contributed by atoms with Crippen molar-refractivity contribution in [1.82, 2.24) is 4.90 Å². The van der Waals surface area contributed by atoms with Crippen LogP contribution in [0.5, 0.6) is 0 Å². The van der Waals surface area contributed by atoms with Gasteiger partial charge in [0.15, 0.2) is 0 Å². The third-order valence-corrected chi connectivity index (χ3v) is 4.35. The van der Waals surface area contributed by atoms with Crippen molar-refractivity contribution < 1.29 is 14.6 Å². The molecule has 1 fully saturated rings. The molecule has 2 atom stereocenters. The highest BCUT2D eigenvalue weighted by Crippen LogP contribution is 2.23. The smallest absolute Gasteiger partial charge is 0.323 e. The normalized spacial score (nSPS) is 23.6. The fourth-order valence-electron chi connectivity index (χ4n) is 2.47. The first-order valence-electron chi connectivity index (χ1n) is 6.26. The molecule has 1 aliphatic heterocycles. The van der Waals surface area contributed by atoms with Crippen molar-refractivity contribution >= 4 is 21.9 Å². The van der Waals surface area contributed by atoms with E-state index in [1.807, 2.05) is 24.0 Å². The number of hydrogen-bond acceptors (Lipinski definition) is 4. The summed E-state index contributed by atoms with van der Waals surface area (Å²) in [5, 5.41) is 9.73. The van der Waals surface area contributed by atoms with E-state index in [0.717, 1.165) is 15.6 Å². The van der Waals surface area contributed by atoms with Crippen LogP contribution >= 0.6 is 15.9 Å². The number of aliphatic hydroxyl groups excluding tert-OH is 1. The summed E-state index contributed by atoms with van der Waals surface area (Å²) in [7, 11) is 1.38. The minimum Gasteiger partial charge on any atom is -0.468 e. The van der Waals surface area contributed by atoms with Crippen LogP contribution in [0, 0.1) is 6.92 Å². The Hall–Kier alpha value is -0.910. The van der Waals surface area contributed by atoms with E-state index in [-0.39, 0.29) is 12.0 Å². The van der Waals surface area contributed by atoms with Crippen LogP contribution in [0.1, 0.15) is 17.5 Å². The van der Waals surface area contributed by atoms with Gasteiger partial charge in [0.1, 0.15) is 6.04 Å². The van der Waals surface area contributed by atoms with Gasteiger partial charge in [-0.1, -0.05) is 28.1 Å². The van der Waals surface area contributed by atoms with Crippen molar-refractivity contribution in [3.05, 3.63) is 33.8 Å². The molecule has 1 saturated heterocycles. The van der Waals surface area contributed by atoms with E-state index in [4.69, 9.17) is 4.74 Å². The quantitative estimate of drug-likeness (QED) is 0.861. The largest absolute Gasteiger partial charge is 0.468 e. The Morgan fingerprint density at radius 1 is 1.58 bits per heavy atom. The van der Waals surface area contributed by atoms with Gasteiger partial charge in [-0.25, -0.2) is 0 Å². The van der Waals surface area contributed by atoms with Crippen molar-refractivity contribution in [2.24, 2.45) is 0 Å². The van der Waals surface area contributed by atoms with E-state index in [2.05, 4.69) is 22.0 Å². The number of aryl methyl sites for hydroxylation is 1. The highest BCUT2D eigenvalue weighted by Gasteiger charge is 2.36. The van der Waals surface area contributed by atoms with Gasteiger partial charge in [-0.05, 0) is 24.1 Å². The van der Waals surface area contributed by atoms with Crippen molar-refractivity contribution in [2.45, 2.75) is 32.0 Å². The van der Waals surface area contributed by atoms with Crippen molar-refractivity contribution in [3.63, 3.8) is 0 Å². The van der Waals surface area contributed by atoms with Gasteiger partial charge in [-0.3, -0.25) is 9.69 Å². The number of ether oxygens (including phenoxy) is 1. The molecule has 1 N–H and O–H groups in total. The predicted octanol–water partition coefficient (Wildman–Crippen LogP) is 1.87. The molecular formula is C14H18BrNO3. The lowest BCUT2D eigenvalue weighted by atomic mass is 10.1. The summed E-state index contributed by atoms with van der Waals surface area (Å²) < 4.78 is 5.87. The summed E-state index contributed by atoms with van der Waals surface area (Å²) >= 11 is 3.47. The Morgan fingerprint density at radius 3 is 2.95 bits per heavy atom. The lowest BCUT2D eigenvalue weighted by molar-refractivity contribution is -0.146. The Labute approximate surface area is 121 Å². The number of rotatable bonds is 3. The van der Waals surface area contributed by atoms with E-state index in [1.165, 1.54) is 7.11 Å². The molecule has 1 aromatic carbocycles. The molecule has 1 aliphatic rings. The topological polar surface area (TPSA) is 49.8 Å². The maximum absolute atomic E-state index is 11.7. The van der Waals surface area contributed by atoms with Crippen LogP contribution in [0.25, 0.3) is 0 Å². The molecule has 0 aliphatic carbocycles. The number of esters is 1. The fraction of sp³-hybridized carbons (Fsp3) is 0.500. The van der Waals surface area contributed by atoms with Crippen molar-refractivity contribution in [2.75, 3.05) is 13.7 Å². The molecule has 0 unspecified atom stereocenters. The summed E-state index contributed by atoms with van der Waals surface area (Å²) in [5.41, 5.74) is 2.29. The van der Waals surface area contributed by atoms with Crippen LogP contribution in [-0.2, 0) is 16.1 Å². The van der Waals surface area contributed by atoms with Crippen LogP contribution in [-0.4, -0.2) is 41.8 Å². The number of carbonyl (C=O) groups excluding carboxylic acids is 1. The molecule has 0 spiro atoms. The summed E-state index contributed by atoms with van der Waals surface area (Å²) in [6.07, 6.45) is -0.0111. The second-order valence-corrected chi connectivity index (χ2v) is 5.80. The van der Waals surface area contributed by atoms with E-state index in [9.17, 15) is 9.90 Å². The van der Waals surface area contributed by atoms with Crippen molar-refractivity contribution in [1.29, 1.82) is 0 Å². The minimum atomic E-state index is -0.458. The molecule has 19 heavy (non-hydrogen) atoms. The standard InChI is InChI=1S/C14H18BrNO3/c1-9-5-10(3-4-12(9)15)7-16-8-11(17)6-13(16)14(18)19-2/h3-5,11,13,17H,6-8H2,1-2H3/t11-,13+/m0/s1. The number of β-amino-alcohol motifs (C(OH)–C–C–N with tert-alkyl or cyclic N) is 1. The third-order valence-electron chi connectivity index (χ3n) is 3.46. The zero-order valence-corrected chi connectivity index (χ0v) is 12.7. The molecule has 2 rings (SSSR count). The zero-order chi connectivity index (χ0) is 14.0. The second-order valence-electron chi connectivity index (χ2n) is 4.94. The number of aliphatic hydroxyl groups is 1. The molecule has 0 saturated carbocycles. The molecule has 1 heterocycles. The Kier molecular flexibility index (Phi) is 4.60. The van der Waals surface area contributed by atoms with Crippen LogP contribution in [0.4, 0.5) is 0 Å². The highest BCUT2D eigenvalue weighted by molar-refractivity contribution is 9.10. The number of hydrogen-bond donors (Lipinski definition) is 1. The second kappa shape index (κ2) is 6.03. The van der Waals surface area contributed by atoms with Crippen LogP contribution in [0.2, 0.25) is 0 Å². The number of nitrogens with zero attached hydrogens (tertiary/aromatic N) is 1. The van der Waals surface area contributed by atoms with Crippen LogP contribution in [0.3, 0.4) is 0 Å². The van der Waals surface area contributed by atoms with Gasteiger partial charge in [0.25, 0.3) is 0 Å². The monoisotopic (exact) mass is 327 g/mol. The number of methoxy groups -OCH3 is 1. The van der Waals surface area contributed by atoms with Crippen LogP contribution < -0.4 is 0 Å². The number of likely N-dealkylation sites (tertiary alicyclic amines) is 1. The average Bonchev–Trinajstić information content (AvgIpc) is 2.74. The maximum atomic E-state index is 11.7. The summed E-state index contributed by atoms with van der Waals surface area (Å²) in [6, 6.07) is 5.77. The Morgan fingerprint density at radius 2 is 2.32 bits per heavy atom. The molecule has 0 radical (unpaired) electrons. The molecule has 1 aromatic rings. The van der Waals surface area contributed by atoms with Gasteiger partial charge >= 0.3 is 5.97 Å². The first-order valence-corrected chi connectivity index (χ1v) is 7.05. The third kappa shape index (κ3) is 3.35. The Balaban J connectivity index is 2.12. The first kappa shape index (κ1) is 14.5. The summed E-state index contributed by atoms with van der Waals surface area (Å²) in [5.74, 6) is -0.273. The molecular weight excluding hydrogens is 310 g/mol. The van der Waals surface area contributed by atoms with Crippen LogP contribution in [0.15, 0.2) is 22.7 Å². The van der Waals surface area contributed by atoms with Gasteiger partial charge in [0, 0.05) is 24.0 Å². The summed E-state index contributed by atoms with van der Waals surface area (Å²) in [4.78, 5) is 13.7. The predicted molar refractivity (Wildman–Crippen MR) is 75.7 cm³/mol. The van der Waals surface area contributed by atoms with Gasteiger partial charge < -0.3 is 9.84 Å². The molecule has 0 aromatic heterocycles. The summed E-state index contributed by atoms with van der Waals surface area (Å²) in [6.45, 7) is 3.18. The van der Waals surface area contributed by atoms with Gasteiger partial charge in [-0.2, -0.15) is 0 Å². The van der Waals surface area contributed by atoms with Gasteiger partial charge in [0.2, 0.25) is 0 Å². The number of halogens is 1. The van der Waals surface area contributed by atoms with E-state index in [0.29, 0.717) is 19.5 Å². The molecule has 104 valence electrons. The first-order chi connectivity index (χ1) is 9.01. The zero-order valence-electron chi connectivity index (χ0n) is 11.1. The molecule has 0 bridgehead atoms. The molecule has 5 heteroatoms. The average molecular weight is 328 g/mol. The van der Waals surface area contributed by atoms with Gasteiger partial charge in [-0.15, -0.1) is 0 Å². The highest BCUT2D eigenvalue weighted by atomic mass is 79.9. The maximum Gasteiger partial charge on any atom is 0.323 e. The lowest BCUT2D eigenvalue weighted by Crippen LogP contribution is -2.36. The molecule has 0 amide bonds. The fourth-order valence-corrected chi connectivity index (χ4v) is 2.72. The van der Waals surface area contributed by atoms with E-state index >= 15 is 0 Å². The van der Waals surface area contributed by atoms with Gasteiger partial charge in [0.05, 0.1) is 13.2 Å². The van der Waals surface area contributed by atoms with E-state index < -0.39 is 6.10 Å². The minimum absolute atomic E-state index is 0.273.